The number of thiazole rings is 1. The SMILES string of the molecule is C=CCCNCc1sc(N(C)C)nc1OC. The van der Waals surface area contributed by atoms with Gasteiger partial charge >= 0.3 is 0 Å². The van der Waals surface area contributed by atoms with E-state index < -0.39 is 0 Å². The summed E-state index contributed by atoms with van der Waals surface area (Å²) < 4.78 is 5.25. The Labute approximate surface area is 101 Å². The van der Waals surface area contributed by atoms with Gasteiger partial charge in [-0.25, -0.2) is 0 Å². The number of ether oxygens (including phenoxy) is 1. The minimum atomic E-state index is 0.722. The second-order valence-corrected chi connectivity index (χ2v) is 4.64. The average molecular weight is 241 g/mol. The maximum Gasteiger partial charge on any atom is 0.230 e. The Balaban J connectivity index is 2.59. The van der Waals surface area contributed by atoms with E-state index in [1.165, 1.54) is 0 Å². The van der Waals surface area contributed by atoms with Crippen molar-refractivity contribution >= 4 is 16.5 Å². The fourth-order valence-corrected chi connectivity index (χ4v) is 2.12. The van der Waals surface area contributed by atoms with Crippen LogP contribution in [0, 0.1) is 0 Å². The summed E-state index contributed by atoms with van der Waals surface area (Å²) in [6.45, 7) is 5.41. The number of nitrogens with one attached hydrogen (secondary N) is 1. The van der Waals surface area contributed by atoms with Crippen LogP contribution in [0.5, 0.6) is 5.88 Å². The van der Waals surface area contributed by atoms with Crippen LogP contribution in [-0.4, -0.2) is 32.7 Å². The van der Waals surface area contributed by atoms with Gasteiger partial charge in [-0.3, -0.25) is 0 Å². The van der Waals surface area contributed by atoms with Crippen molar-refractivity contribution < 1.29 is 4.74 Å². The molecule has 0 atom stereocenters. The zero-order valence-corrected chi connectivity index (χ0v) is 10.9. The molecule has 0 spiro atoms. The van der Waals surface area contributed by atoms with Crippen LogP contribution in [-0.2, 0) is 6.54 Å². The van der Waals surface area contributed by atoms with Gasteiger partial charge in [-0.2, -0.15) is 4.98 Å². The van der Waals surface area contributed by atoms with Crippen LogP contribution in [0.1, 0.15) is 11.3 Å². The van der Waals surface area contributed by atoms with Crippen molar-refractivity contribution in [1.82, 2.24) is 10.3 Å². The Morgan fingerprint density at radius 1 is 1.56 bits per heavy atom. The first-order valence-corrected chi connectivity index (χ1v) is 6.03. The molecule has 1 heterocycles. The third-order valence-electron chi connectivity index (χ3n) is 2.04. The highest BCUT2D eigenvalue weighted by Crippen LogP contribution is 2.29. The Morgan fingerprint density at radius 3 is 2.88 bits per heavy atom. The van der Waals surface area contributed by atoms with Gasteiger partial charge in [-0.15, -0.1) is 6.58 Å². The highest BCUT2D eigenvalue weighted by molar-refractivity contribution is 7.15. The molecule has 0 amide bonds. The molecule has 1 aromatic heterocycles. The third kappa shape index (κ3) is 3.50. The lowest BCUT2D eigenvalue weighted by atomic mass is 10.4. The van der Waals surface area contributed by atoms with E-state index in [0.29, 0.717) is 0 Å². The van der Waals surface area contributed by atoms with Gasteiger partial charge in [0.2, 0.25) is 5.88 Å². The first-order chi connectivity index (χ1) is 7.69. The van der Waals surface area contributed by atoms with Crippen LogP contribution in [0.25, 0.3) is 0 Å². The maximum atomic E-state index is 5.25. The van der Waals surface area contributed by atoms with Crippen LogP contribution >= 0.6 is 11.3 Å². The number of rotatable bonds is 7. The van der Waals surface area contributed by atoms with E-state index >= 15 is 0 Å². The maximum absolute atomic E-state index is 5.25. The van der Waals surface area contributed by atoms with Crippen LogP contribution in [0.15, 0.2) is 12.7 Å². The molecule has 4 nitrogen and oxygen atoms in total. The largest absolute Gasteiger partial charge is 0.480 e. The highest BCUT2D eigenvalue weighted by atomic mass is 32.1. The Morgan fingerprint density at radius 2 is 2.31 bits per heavy atom. The molecule has 5 heteroatoms. The van der Waals surface area contributed by atoms with Crippen molar-refractivity contribution in [1.29, 1.82) is 0 Å². The molecular formula is C11H19N3OS. The number of aromatic nitrogens is 1. The quantitative estimate of drug-likeness (QED) is 0.584. The first kappa shape index (κ1) is 13.0. The number of hydrogen-bond acceptors (Lipinski definition) is 5. The van der Waals surface area contributed by atoms with Crippen LogP contribution in [0.2, 0.25) is 0 Å². The molecule has 0 unspecified atom stereocenters. The van der Waals surface area contributed by atoms with Crippen molar-refractivity contribution in [2.24, 2.45) is 0 Å². The molecule has 16 heavy (non-hydrogen) atoms. The van der Waals surface area contributed by atoms with Gasteiger partial charge in [0.1, 0.15) is 0 Å². The zero-order chi connectivity index (χ0) is 12.0. The molecular weight excluding hydrogens is 222 g/mol. The molecule has 1 N–H and O–H groups in total. The summed E-state index contributed by atoms with van der Waals surface area (Å²) in [6, 6.07) is 0. The van der Waals surface area contributed by atoms with Crippen LogP contribution in [0.4, 0.5) is 5.13 Å². The van der Waals surface area contributed by atoms with E-state index in [-0.39, 0.29) is 0 Å². The van der Waals surface area contributed by atoms with E-state index in [1.54, 1.807) is 18.4 Å². The van der Waals surface area contributed by atoms with Crippen molar-refractivity contribution in [2.75, 3.05) is 32.6 Å². The lowest BCUT2D eigenvalue weighted by Gasteiger charge is -2.04. The Hall–Kier alpha value is -1.07. The fourth-order valence-electron chi connectivity index (χ4n) is 1.19. The highest BCUT2D eigenvalue weighted by Gasteiger charge is 2.12. The molecule has 1 rings (SSSR count). The van der Waals surface area contributed by atoms with Crippen LogP contribution < -0.4 is 15.0 Å². The smallest absolute Gasteiger partial charge is 0.230 e. The van der Waals surface area contributed by atoms with Crippen molar-refractivity contribution in [3.05, 3.63) is 17.5 Å². The summed E-state index contributed by atoms with van der Waals surface area (Å²) in [6.07, 6.45) is 2.88. The summed E-state index contributed by atoms with van der Waals surface area (Å²) in [5.41, 5.74) is 0. The lowest BCUT2D eigenvalue weighted by molar-refractivity contribution is 0.395. The van der Waals surface area contributed by atoms with Gasteiger partial charge in [-0.05, 0) is 13.0 Å². The zero-order valence-electron chi connectivity index (χ0n) is 10.1. The summed E-state index contributed by atoms with van der Waals surface area (Å²) in [5, 5.41) is 4.30. The second-order valence-electron chi connectivity index (χ2n) is 3.58. The minimum Gasteiger partial charge on any atom is -0.480 e. The molecule has 0 bridgehead atoms. The van der Waals surface area contributed by atoms with Crippen molar-refractivity contribution in [2.45, 2.75) is 13.0 Å². The average Bonchev–Trinajstić information content (AvgIpc) is 2.68. The predicted octanol–water partition coefficient (Wildman–Crippen LogP) is 1.88. The van der Waals surface area contributed by atoms with Gasteiger partial charge in [0.05, 0.1) is 12.0 Å². The molecule has 0 aliphatic rings. The van der Waals surface area contributed by atoms with E-state index in [4.69, 9.17) is 4.74 Å². The van der Waals surface area contributed by atoms with Crippen molar-refractivity contribution in [3.63, 3.8) is 0 Å². The fraction of sp³-hybridized carbons (Fsp3) is 0.545. The normalized spacial score (nSPS) is 10.2. The molecule has 0 aliphatic heterocycles. The second kappa shape index (κ2) is 6.50. The summed E-state index contributed by atoms with van der Waals surface area (Å²) in [7, 11) is 5.61. The third-order valence-corrected chi connectivity index (χ3v) is 3.24. The molecule has 0 saturated heterocycles. The number of nitrogens with zero attached hydrogens (tertiary/aromatic N) is 2. The molecule has 0 fully saturated rings. The molecule has 1 aromatic rings. The topological polar surface area (TPSA) is 37.4 Å². The number of methoxy groups -OCH3 is 1. The summed E-state index contributed by atoms with van der Waals surface area (Å²) in [5.74, 6) is 0.722. The van der Waals surface area contributed by atoms with Crippen LogP contribution in [0.3, 0.4) is 0 Å². The van der Waals surface area contributed by atoms with Gasteiger partial charge < -0.3 is 15.0 Å². The summed E-state index contributed by atoms with van der Waals surface area (Å²) in [4.78, 5) is 7.51. The number of hydrogen-bond donors (Lipinski definition) is 1. The lowest BCUT2D eigenvalue weighted by Crippen LogP contribution is -2.13. The molecule has 0 aliphatic carbocycles. The van der Waals surface area contributed by atoms with E-state index in [1.807, 2.05) is 25.1 Å². The molecule has 0 aromatic carbocycles. The standard InChI is InChI=1S/C11H19N3OS/c1-5-6-7-12-8-9-10(15-4)13-11(16-9)14(2)3/h5,12H,1,6-8H2,2-4H3. The minimum absolute atomic E-state index is 0.722. The van der Waals surface area contributed by atoms with Crippen molar-refractivity contribution in [3.8, 4) is 5.88 Å². The van der Waals surface area contributed by atoms with E-state index in [9.17, 15) is 0 Å². The Bertz CT molecular complexity index is 336. The van der Waals surface area contributed by atoms with Gasteiger partial charge in [-0.1, -0.05) is 17.4 Å². The van der Waals surface area contributed by atoms with Gasteiger partial charge in [0.15, 0.2) is 5.13 Å². The Kier molecular flexibility index (Phi) is 5.28. The van der Waals surface area contributed by atoms with Gasteiger partial charge in [0, 0.05) is 20.6 Å². The van der Waals surface area contributed by atoms with Gasteiger partial charge in [0.25, 0.3) is 0 Å². The first-order valence-electron chi connectivity index (χ1n) is 5.21. The number of anilines is 1. The van der Waals surface area contributed by atoms with E-state index in [0.717, 1.165) is 35.4 Å². The monoisotopic (exact) mass is 241 g/mol. The predicted molar refractivity (Wildman–Crippen MR) is 69.5 cm³/mol. The molecule has 0 radical (unpaired) electrons. The molecule has 0 saturated carbocycles. The summed E-state index contributed by atoms with van der Waals surface area (Å²) >= 11 is 1.65. The molecule has 90 valence electrons. The van der Waals surface area contributed by atoms with E-state index in [2.05, 4.69) is 16.9 Å².